The van der Waals surface area contributed by atoms with Crippen molar-refractivity contribution in [1.82, 2.24) is 14.7 Å². The molecular weight excluding hydrogens is 338 g/mol. The van der Waals surface area contributed by atoms with Gasteiger partial charge in [-0.3, -0.25) is 14.5 Å². The van der Waals surface area contributed by atoms with Gasteiger partial charge < -0.3 is 19.3 Å². The molecule has 2 saturated heterocycles. The van der Waals surface area contributed by atoms with E-state index in [9.17, 15) is 14.4 Å². The van der Waals surface area contributed by atoms with E-state index < -0.39 is 11.8 Å². The zero-order valence-electron chi connectivity index (χ0n) is 14.6. The molecular formula is C18H21N3O5. The maximum atomic E-state index is 12.7. The molecule has 0 N–H and O–H groups in total. The monoisotopic (exact) mass is 359 g/mol. The zero-order chi connectivity index (χ0) is 18.3. The third-order valence-corrected chi connectivity index (χ3v) is 5.25. The molecule has 4 rings (SSSR count). The third-order valence-electron chi connectivity index (χ3n) is 5.25. The molecule has 0 saturated carbocycles. The highest BCUT2D eigenvalue weighted by Gasteiger charge is 2.39. The Morgan fingerprint density at radius 1 is 1.12 bits per heavy atom. The molecule has 1 aromatic rings. The normalized spacial score (nSPS) is 22.3. The Morgan fingerprint density at radius 3 is 2.73 bits per heavy atom. The van der Waals surface area contributed by atoms with Gasteiger partial charge in [0.15, 0.2) is 11.5 Å². The molecule has 1 atom stereocenters. The van der Waals surface area contributed by atoms with Gasteiger partial charge in [0.05, 0.1) is 0 Å². The Hall–Kier alpha value is -2.77. The van der Waals surface area contributed by atoms with Crippen LogP contribution in [-0.4, -0.2) is 72.1 Å². The first-order chi connectivity index (χ1) is 12.6. The number of rotatable bonds is 2. The van der Waals surface area contributed by atoms with E-state index in [1.165, 1.54) is 4.90 Å². The first-order valence-corrected chi connectivity index (χ1v) is 8.87. The van der Waals surface area contributed by atoms with Crippen molar-refractivity contribution in [3.63, 3.8) is 0 Å². The van der Waals surface area contributed by atoms with E-state index in [4.69, 9.17) is 9.47 Å². The number of nitrogens with zero attached hydrogens (tertiary/aromatic N) is 3. The minimum Gasteiger partial charge on any atom is -0.454 e. The van der Waals surface area contributed by atoms with Crippen LogP contribution in [0.1, 0.15) is 24.8 Å². The van der Waals surface area contributed by atoms with Crippen LogP contribution in [0, 0.1) is 0 Å². The van der Waals surface area contributed by atoms with E-state index in [1.807, 2.05) is 25.1 Å². The molecule has 0 unspecified atom stereocenters. The molecule has 0 bridgehead atoms. The standard InChI is InChI=1S/C18H21N3O5/c1-2-19-7-8-21(17(23)16(19)22)18(24)20-6-5-13(10-20)12-3-4-14-15(9-12)26-11-25-14/h3-4,9,13H,2,5-8,10-11H2,1H3/t13-/m0/s1. The van der Waals surface area contributed by atoms with E-state index in [-0.39, 0.29) is 25.3 Å². The fourth-order valence-corrected chi connectivity index (χ4v) is 3.70. The summed E-state index contributed by atoms with van der Waals surface area (Å²) in [5.41, 5.74) is 1.09. The number of hydrogen-bond donors (Lipinski definition) is 0. The van der Waals surface area contributed by atoms with Crippen LogP contribution in [0.3, 0.4) is 0 Å². The molecule has 3 aliphatic heterocycles. The van der Waals surface area contributed by atoms with Crippen molar-refractivity contribution in [2.45, 2.75) is 19.3 Å². The van der Waals surface area contributed by atoms with Gasteiger partial charge in [-0.05, 0) is 31.0 Å². The van der Waals surface area contributed by atoms with E-state index in [0.29, 0.717) is 26.2 Å². The van der Waals surface area contributed by atoms with Gasteiger partial charge in [0.2, 0.25) is 6.79 Å². The Balaban J connectivity index is 1.43. The van der Waals surface area contributed by atoms with Gasteiger partial charge in [-0.1, -0.05) is 6.07 Å². The summed E-state index contributed by atoms with van der Waals surface area (Å²) in [6.07, 6.45) is 0.808. The van der Waals surface area contributed by atoms with Crippen LogP contribution >= 0.6 is 0 Å². The van der Waals surface area contributed by atoms with Crippen LogP contribution in [0.15, 0.2) is 18.2 Å². The fraction of sp³-hybridized carbons (Fsp3) is 0.500. The van der Waals surface area contributed by atoms with E-state index in [1.54, 1.807) is 4.90 Å². The number of fused-ring (bicyclic) bond motifs is 1. The van der Waals surface area contributed by atoms with Crippen LogP contribution in [0.4, 0.5) is 4.79 Å². The first kappa shape index (κ1) is 16.7. The Bertz CT molecular complexity index is 765. The number of hydrogen-bond acceptors (Lipinski definition) is 5. The van der Waals surface area contributed by atoms with Crippen molar-refractivity contribution in [2.75, 3.05) is 39.5 Å². The molecule has 0 radical (unpaired) electrons. The number of urea groups is 1. The van der Waals surface area contributed by atoms with Gasteiger partial charge >= 0.3 is 17.8 Å². The van der Waals surface area contributed by atoms with Gasteiger partial charge in [-0.15, -0.1) is 0 Å². The lowest BCUT2D eigenvalue weighted by Gasteiger charge is -2.34. The predicted octanol–water partition coefficient (Wildman–Crippen LogP) is 1.02. The second-order valence-corrected chi connectivity index (χ2v) is 6.67. The van der Waals surface area contributed by atoms with Gasteiger partial charge in [0, 0.05) is 38.6 Å². The highest BCUT2D eigenvalue weighted by molar-refractivity contribution is 6.38. The summed E-state index contributed by atoms with van der Waals surface area (Å²) in [4.78, 5) is 41.2. The molecule has 8 heteroatoms. The summed E-state index contributed by atoms with van der Waals surface area (Å²) in [6.45, 7) is 4.26. The van der Waals surface area contributed by atoms with Crippen LogP contribution < -0.4 is 9.47 Å². The molecule has 3 aliphatic rings. The van der Waals surface area contributed by atoms with Gasteiger partial charge in [-0.2, -0.15) is 0 Å². The number of imide groups is 1. The van der Waals surface area contributed by atoms with Crippen molar-refractivity contribution in [2.24, 2.45) is 0 Å². The number of ether oxygens (including phenoxy) is 2. The van der Waals surface area contributed by atoms with Crippen LogP contribution in [-0.2, 0) is 9.59 Å². The van der Waals surface area contributed by atoms with Crippen molar-refractivity contribution in [3.05, 3.63) is 23.8 Å². The molecule has 3 heterocycles. The molecule has 2 fully saturated rings. The highest BCUT2D eigenvalue weighted by atomic mass is 16.7. The second-order valence-electron chi connectivity index (χ2n) is 6.67. The van der Waals surface area contributed by atoms with Gasteiger partial charge in [-0.25, -0.2) is 4.79 Å². The maximum Gasteiger partial charge on any atom is 0.327 e. The van der Waals surface area contributed by atoms with Crippen molar-refractivity contribution in [3.8, 4) is 11.5 Å². The lowest BCUT2D eigenvalue weighted by molar-refractivity contribution is -0.153. The number of piperazine rings is 1. The molecule has 0 spiro atoms. The van der Waals surface area contributed by atoms with Crippen molar-refractivity contribution in [1.29, 1.82) is 0 Å². The molecule has 0 aliphatic carbocycles. The summed E-state index contributed by atoms with van der Waals surface area (Å²) in [7, 11) is 0. The SMILES string of the molecule is CCN1CCN(C(=O)N2CC[C@H](c3ccc4c(c3)OCO4)C2)C(=O)C1=O. The molecule has 4 amide bonds. The number of carbonyl (C=O) groups excluding carboxylic acids is 3. The fourth-order valence-electron chi connectivity index (χ4n) is 3.70. The van der Waals surface area contributed by atoms with E-state index >= 15 is 0 Å². The predicted molar refractivity (Wildman–Crippen MR) is 90.9 cm³/mol. The molecule has 26 heavy (non-hydrogen) atoms. The van der Waals surface area contributed by atoms with Crippen molar-refractivity contribution < 1.29 is 23.9 Å². The van der Waals surface area contributed by atoms with Crippen LogP contribution in [0.25, 0.3) is 0 Å². The van der Waals surface area contributed by atoms with E-state index in [0.717, 1.165) is 28.4 Å². The largest absolute Gasteiger partial charge is 0.454 e. The first-order valence-electron chi connectivity index (χ1n) is 8.87. The van der Waals surface area contributed by atoms with Gasteiger partial charge in [0.25, 0.3) is 0 Å². The quantitative estimate of drug-likeness (QED) is 0.737. The van der Waals surface area contributed by atoms with Crippen molar-refractivity contribution >= 4 is 17.8 Å². The van der Waals surface area contributed by atoms with Crippen LogP contribution in [0.2, 0.25) is 0 Å². The average Bonchev–Trinajstić information content (AvgIpc) is 3.32. The number of amides is 4. The second kappa shape index (κ2) is 6.51. The number of likely N-dealkylation sites (tertiary alicyclic amines) is 1. The number of likely N-dealkylation sites (N-methyl/N-ethyl adjacent to an activating group) is 1. The van der Waals surface area contributed by atoms with E-state index in [2.05, 4.69) is 0 Å². The summed E-state index contributed by atoms with van der Waals surface area (Å²) >= 11 is 0. The lowest BCUT2D eigenvalue weighted by atomic mass is 9.98. The minimum absolute atomic E-state index is 0.177. The Morgan fingerprint density at radius 2 is 1.92 bits per heavy atom. The molecule has 8 nitrogen and oxygen atoms in total. The summed E-state index contributed by atoms with van der Waals surface area (Å²) in [6, 6.07) is 5.45. The van der Waals surface area contributed by atoms with Gasteiger partial charge in [0.1, 0.15) is 0 Å². The summed E-state index contributed by atoms with van der Waals surface area (Å²) in [5, 5.41) is 0. The molecule has 138 valence electrons. The van der Waals surface area contributed by atoms with Crippen LogP contribution in [0.5, 0.6) is 11.5 Å². The lowest BCUT2D eigenvalue weighted by Crippen LogP contribution is -2.58. The number of carbonyl (C=O) groups is 3. The highest BCUT2D eigenvalue weighted by Crippen LogP contribution is 2.37. The maximum absolute atomic E-state index is 12.7. The topological polar surface area (TPSA) is 79.4 Å². The summed E-state index contributed by atoms with van der Waals surface area (Å²) < 4.78 is 10.7. The minimum atomic E-state index is -0.727. The average molecular weight is 359 g/mol. The smallest absolute Gasteiger partial charge is 0.327 e. The third kappa shape index (κ3) is 2.75. The number of benzene rings is 1. The summed E-state index contributed by atoms with van der Waals surface area (Å²) in [5.74, 6) is 0.311. The zero-order valence-corrected chi connectivity index (χ0v) is 14.6. The Kier molecular flexibility index (Phi) is 4.18. The Labute approximate surface area is 151 Å². The molecule has 0 aromatic heterocycles. The molecule has 1 aromatic carbocycles.